The molecule has 0 spiro atoms. The summed E-state index contributed by atoms with van der Waals surface area (Å²) in [6, 6.07) is 4.71. The Balaban J connectivity index is 2.16. The van der Waals surface area contributed by atoms with Gasteiger partial charge >= 0.3 is 0 Å². The minimum absolute atomic E-state index is 0.247. The summed E-state index contributed by atoms with van der Waals surface area (Å²) in [7, 11) is 5.48. The van der Waals surface area contributed by atoms with E-state index in [0.717, 1.165) is 21.3 Å². The molecule has 1 heterocycles. The van der Waals surface area contributed by atoms with Crippen molar-refractivity contribution in [2.45, 2.75) is 13.5 Å². The Labute approximate surface area is 122 Å². The molecule has 0 saturated heterocycles. The van der Waals surface area contributed by atoms with E-state index in [1.807, 2.05) is 25.9 Å². The van der Waals surface area contributed by atoms with Crippen LogP contribution >= 0.6 is 11.3 Å². The van der Waals surface area contributed by atoms with Crippen LogP contribution in [0.2, 0.25) is 0 Å². The Morgan fingerprint density at radius 2 is 2.15 bits per heavy atom. The molecule has 0 atom stereocenters. The summed E-state index contributed by atoms with van der Waals surface area (Å²) in [5, 5.41) is 4.11. The maximum absolute atomic E-state index is 13.2. The molecular formula is C14H18FN3OS. The SMILES string of the molecule is COc1nc(N(C)C)sc1CNc1cc(F)ccc1C. The van der Waals surface area contributed by atoms with Crippen molar-refractivity contribution in [3.05, 3.63) is 34.5 Å². The number of anilines is 2. The van der Waals surface area contributed by atoms with Crippen LogP contribution < -0.4 is 15.0 Å². The fourth-order valence-electron chi connectivity index (χ4n) is 1.75. The average Bonchev–Trinajstić information content (AvgIpc) is 2.83. The van der Waals surface area contributed by atoms with Gasteiger partial charge in [-0.15, -0.1) is 0 Å². The van der Waals surface area contributed by atoms with Crippen LogP contribution in [-0.2, 0) is 6.54 Å². The minimum Gasteiger partial charge on any atom is -0.480 e. The molecule has 0 unspecified atom stereocenters. The number of thiazole rings is 1. The van der Waals surface area contributed by atoms with Gasteiger partial charge in [-0.3, -0.25) is 0 Å². The van der Waals surface area contributed by atoms with Crippen LogP contribution in [0.4, 0.5) is 15.2 Å². The van der Waals surface area contributed by atoms with Crippen LogP contribution in [0, 0.1) is 12.7 Å². The third kappa shape index (κ3) is 3.19. The molecule has 0 bridgehead atoms. The molecule has 108 valence electrons. The number of aryl methyl sites for hydroxylation is 1. The summed E-state index contributed by atoms with van der Waals surface area (Å²) >= 11 is 1.56. The van der Waals surface area contributed by atoms with E-state index in [0.29, 0.717) is 12.4 Å². The monoisotopic (exact) mass is 295 g/mol. The number of nitrogens with one attached hydrogen (secondary N) is 1. The van der Waals surface area contributed by atoms with Crippen LogP contribution in [0.25, 0.3) is 0 Å². The first-order valence-electron chi connectivity index (χ1n) is 6.22. The highest BCUT2D eigenvalue weighted by molar-refractivity contribution is 7.15. The summed E-state index contributed by atoms with van der Waals surface area (Å²) in [6.07, 6.45) is 0. The second-order valence-electron chi connectivity index (χ2n) is 4.64. The molecule has 0 fully saturated rings. The summed E-state index contributed by atoms with van der Waals surface area (Å²) in [5.74, 6) is 0.364. The lowest BCUT2D eigenvalue weighted by atomic mass is 10.2. The molecule has 2 rings (SSSR count). The smallest absolute Gasteiger partial charge is 0.231 e. The van der Waals surface area contributed by atoms with Crippen LogP contribution in [0.15, 0.2) is 18.2 Å². The van der Waals surface area contributed by atoms with Gasteiger partial charge in [-0.25, -0.2) is 4.39 Å². The molecule has 20 heavy (non-hydrogen) atoms. The predicted octanol–water partition coefficient (Wildman–Crippen LogP) is 3.28. The van der Waals surface area contributed by atoms with Crippen molar-refractivity contribution in [2.24, 2.45) is 0 Å². The Morgan fingerprint density at radius 3 is 2.80 bits per heavy atom. The zero-order chi connectivity index (χ0) is 14.7. The highest BCUT2D eigenvalue weighted by Crippen LogP contribution is 2.31. The highest BCUT2D eigenvalue weighted by Gasteiger charge is 2.13. The molecule has 0 radical (unpaired) electrons. The van der Waals surface area contributed by atoms with Gasteiger partial charge in [0.25, 0.3) is 0 Å². The first-order valence-corrected chi connectivity index (χ1v) is 7.04. The van der Waals surface area contributed by atoms with E-state index < -0.39 is 0 Å². The molecule has 0 saturated carbocycles. The number of benzene rings is 1. The topological polar surface area (TPSA) is 37.4 Å². The molecule has 0 amide bonds. The number of hydrogen-bond donors (Lipinski definition) is 1. The second kappa shape index (κ2) is 6.09. The Hall–Kier alpha value is -1.82. The maximum Gasteiger partial charge on any atom is 0.231 e. The van der Waals surface area contributed by atoms with Gasteiger partial charge in [-0.2, -0.15) is 4.98 Å². The van der Waals surface area contributed by atoms with Crippen molar-refractivity contribution in [3.8, 4) is 5.88 Å². The number of ether oxygens (including phenoxy) is 1. The number of nitrogens with zero attached hydrogens (tertiary/aromatic N) is 2. The average molecular weight is 295 g/mol. The van der Waals surface area contributed by atoms with Crippen LogP contribution in [0.5, 0.6) is 5.88 Å². The third-order valence-corrected chi connectivity index (χ3v) is 4.07. The Kier molecular flexibility index (Phi) is 4.44. The molecule has 6 heteroatoms. The number of aromatic nitrogens is 1. The largest absolute Gasteiger partial charge is 0.480 e. The minimum atomic E-state index is -0.247. The first kappa shape index (κ1) is 14.6. The Bertz CT molecular complexity index is 598. The number of halogens is 1. The van der Waals surface area contributed by atoms with E-state index in [1.165, 1.54) is 12.1 Å². The second-order valence-corrected chi connectivity index (χ2v) is 5.70. The van der Waals surface area contributed by atoms with Gasteiger partial charge in [-0.1, -0.05) is 17.4 Å². The fourth-order valence-corrected chi connectivity index (χ4v) is 2.64. The molecule has 0 aliphatic carbocycles. The van der Waals surface area contributed by atoms with E-state index in [1.54, 1.807) is 24.5 Å². The maximum atomic E-state index is 13.2. The summed E-state index contributed by atoms with van der Waals surface area (Å²) in [4.78, 5) is 7.31. The molecule has 1 aromatic heterocycles. The lowest BCUT2D eigenvalue weighted by molar-refractivity contribution is 0.397. The van der Waals surface area contributed by atoms with Crippen LogP contribution in [0.1, 0.15) is 10.4 Å². The molecule has 4 nitrogen and oxygen atoms in total. The Morgan fingerprint density at radius 1 is 1.40 bits per heavy atom. The van der Waals surface area contributed by atoms with E-state index in [9.17, 15) is 4.39 Å². The van der Waals surface area contributed by atoms with Gasteiger partial charge in [0.2, 0.25) is 5.88 Å². The number of methoxy groups -OCH3 is 1. The van der Waals surface area contributed by atoms with Gasteiger partial charge in [0, 0.05) is 19.8 Å². The lowest BCUT2D eigenvalue weighted by Crippen LogP contribution is -2.07. The number of hydrogen-bond acceptors (Lipinski definition) is 5. The van der Waals surface area contributed by atoms with E-state index in [4.69, 9.17) is 4.74 Å². The molecule has 0 aliphatic heterocycles. The molecular weight excluding hydrogens is 277 g/mol. The van der Waals surface area contributed by atoms with Gasteiger partial charge < -0.3 is 15.0 Å². The quantitative estimate of drug-likeness (QED) is 0.918. The highest BCUT2D eigenvalue weighted by atomic mass is 32.1. The van der Waals surface area contributed by atoms with E-state index in [2.05, 4.69) is 10.3 Å². The van der Waals surface area contributed by atoms with Crippen molar-refractivity contribution in [2.75, 3.05) is 31.4 Å². The fraction of sp³-hybridized carbons (Fsp3) is 0.357. The van der Waals surface area contributed by atoms with Crippen molar-refractivity contribution in [1.82, 2.24) is 4.98 Å². The molecule has 2 aromatic rings. The van der Waals surface area contributed by atoms with Crippen molar-refractivity contribution in [3.63, 3.8) is 0 Å². The number of rotatable bonds is 5. The predicted molar refractivity (Wildman–Crippen MR) is 81.5 cm³/mol. The molecule has 1 aromatic carbocycles. The lowest BCUT2D eigenvalue weighted by Gasteiger charge is -2.09. The van der Waals surface area contributed by atoms with E-state index in [-0.39, 0.29) is 5.82 Å². The summed E-state index contributed by atoms with van der Waals surface area (Å²) in [5.41, 5.74) is 1.79. The van der Waals surface area contributed by atoms with Crippen LogP contribution in [0.3, 0.4) is 0 Å². The van der Waals surface area contributed by atoms with Crippen molar-refractivity contribution in [1.29, 1.82) is 0 Å². The molecule has 0 aliphatic rings. The van der Waals surface area contributed by atoms with E-state index >= 15 is 0 Å². The van der Waals surface area contributed by atoms with Gasteiger partial charge in [0.15, 0.2) is 5.13 Å². The third-order valence-electron chi connectivity index (χ3n) is 2.87. The van der Waals surface area contributed by atoms with Gasteiger partial charge in [0.1, 0.15) is 5.82 Å². The summed E-state index contributed by atoms with van der Waals surface area (Å²) < 4.78 is 18.5. The summed E-state index contributed by atoms with van der Waals surface area (Å²) in [6.45, 7) is 2.50. The molecule has 1 N–H and O–H groups in total. The van der Waals surface area contributed by atoms with Gasteiger partial charge in [-0.05, 0) is 24.6 Å². The van der Waals surface area contributed by atoms with Crippen molar-refractivity contribution >= 4 is 22.2 Å². The first-order chi connectivity index (χ1) is 9.51. The normalized spacial score (nSPS) is 10.4. The van der Waals surface area contributed by atoms with Gasteiger partial charge in [0.05, 0.1) is 18.5 Å². The standard InChI is InChI=1S/C14H18FN3OS/c1-9-5-6-10(15)7-11(9)16-8-12-13(19-4)17-14(20-12)18(2)3/h5-7,16H,8H2,1-4H3. The zero-order valence-electron chi connectivity index (χ0n) is 12.0. The zero-order valence-corrected chi connectivity index (χ0v) is 12.8. The van der Waals surface area contributed by atoms with Crippen LogP contribution in [-0.4, -0.2) is 26.2 Å². The van der Waals surface area contributed by atoms with Crippen molar-refractivity contribution < 1.29 is 9.13 Å².